The molecule has 1 rings (SSSR count). The summed E-state index contributed by atoms with van der Waals surface area (Å²) in [5.74, 6) is 0.130. The second-order valence-electron chi connectivity index (χ2n) is 5.84. The number of hydrogen-bond acceptors (Lipinski definition) is 2. The fourth-order valence-corrected chi connectivity index (χ4v) is 2.84. The molecule has 1 aliphatic rings. The summed E-state index contributed by atoms with van der Waals surface area (Å²) in [6.07, 6.45) is 1.63. The highest BCUT2D eigenvalue weighted by molar-refractivity contribution is 6.74. The minimum absolute atomic E-state index is 0.130. The molecule has 0 bridgehead atoms. The van der Waals surface area contributed by atoms with Gasteiger partial charge in [-0.1, -0.05) is 20.8 Å². The fourth-order valence-electron chi connectivity index (χ4n) is 1.45. The lowest BCUT2D eigenvalue weighted by Crippen LogP contribution is -2.47. The van der Waals surface area contributed by atoms with Crippen molar-refractivity contribution in [1.82, 2.24) is 5.32 Å². The van der Waals surface area contributed by atoms with Crippen molar-refractivity contribution in [2.75, 3.05) is 6.54 Å². The smallest absolute Gasteiger partial charge is 0.222 e. The van der Waals surface area contributed by atoms with E-state index in [2.05, 4.69) is 39.2 Å². The van der Waals surface area contributed by atoms with Gasteiger partial charge in [-0.15, -0.1) is 0 Å². The molecule has 0 aromatic heterocycles. The van der Waals surface area contributed by atoms with Crippen LogP contribution in [0.2, 0.25) is 18.1 Å². The topological polar surface area (TPSA) is 38.3 Å². The normalized spacial score (nSPS) is 23.8. The molecule has 0 spiro atoms. The van der Waals surface area contributed by atoms with E-state index in [0.717, 1.165) is 13.0 Å². The largest absolute Gasteiger partial charge is 0.413 e. The van der Waals surface area contributed by atoms with Gasteiger partial charge in [-0.3, -0.25) is 4.79 Å². The van der Waals surface area contributed by atoms with Gasteiger partial charge < -0.3 is 9.74 Å². The SMILES string of the molecule is CC(C)(C)[Si](C)(C)OC1CCNC(=O)C1. The highest BCUT2D eigenvalue weighted by Crippen LogP contribution is 2.38. The van der Waals surface area contributed by atoms with Crippen LogP contribution in [0.3, 0.4) is 0 Å². The van der Waals surface area contributed by atoms with E-state index in [0.29, 0.717) is 6.42 Å². The van der Waals surface area contributed by atoms with E-state index in [1.165, 1.54) is 0 Å². The number of nitrogens with one attached hydrogen (secondary N) is 1. The molecule has 0 saturated carbocycles. The van der Waals surface area contributed by atoms with Crippen LogP contribution < -0.4 is 5.32 Å². The van der Waals surface area contributed by atoms with Crippen LogP contribution >= 0.6 is 0 Å². The van der Waals surface area contributed by atoms with Crippen LogP contribution in [-0.4, -0.2) is 26.9 Å². The predicted octanol–water partition coefficient (Wildman–Crippen LogP) is 2.29. The molecule has 0 aromatic carbocycles. The van der Waals surface area contributed by atoms with Gasteiger partial charge in [0, 0.05) is 6.54 Å². The van der Waals surface area contributed by atoms with Crippen LogP contribution in [0.1, 0.15) is 33.6 Å². The van der Waals surface area contributed by atoms with E-state index in [1.54, 1.807) is 0 Å². The lowest BCUT2D eigenvalue weighted by atomic mass is 10.1. The maximum Gasteiger partial charge on any atom is 0.222 e. The van der Waals surface area contributed by atoms with E-state index >= 15 is 0 Å². The van der Waals surface area contributed by atoms with Gasteiger partial charge in [-0.05, 0) is 24.6 Å². The van der Waals surface area contributed by atoms with Gasteiger partial charge in [0.05, 0.1) is 12.5 Å². The van der Waals surface area contributed by atoms with E-state index < -0.39 is 8.32 Å². The summed E-state index contributed by atoms with van der Waals surface area (Å²) in [6.45, 7) is 11.9. The van der Waals surface area contributed by atoms with E-state index in [9.17, 15) is 4.79 Å². The molecule has 1 unspecified atom stereocenters. The van der Waals surface area contributed by atoms with Gasteiger partial charge in [0.25, 0.3) is 0 Å². The summed E-state index contributed by atoms with van der Waals surface area (Å²) in [7, 11) is -1.70. The third-order valence-electron chi connectivity index (χ3n) is 3.47. The Balaban J connectivity index is 2.57. The van der Waals surface area contributed by atoms with Crippen LogP contribution in [0.5, 0.6) is 0 Å². The van der Waals surface area contributed by atoms with Gasteiger partial charge in [-0.25, -0.2) is 0 Å². The molecule has 1 aliphatic heterocycles. The first kappa shape index (κ1) is 12.7. The summed E-state index contributed by atoms with van der Waals surface area (Å²) < 4.78 is 6.19. The maximum atomic E-state index is 11.2. The van der Waals surface area contributed by atoms with Crippen molar-refractivity contribution in [2.45, 2.75) is 57.8 Å². The summed E-state index contributed by atoms with van der Waals surface area (Å²) in [6, 6.07) is 0. The first-order chi connectivity index (χ1) is 6.72. The number of hydrogen-bond donors (Lipinski definition) is 1. The summed E-state index contributed by atoms with van der Waals surface area (Å²) in [4.78, 5) is 11.2. The average Bonchev–Trinajstić information content (AvgIpc) is 2.00. The third kappa shape index (κ3) is 3.31. The predicted molar refractivity (Wildman–Crippen MR) is 64.3 cm³/mol. The number of carbonyl (C=O) groups excluding carboxylic acids is 1. The number of carbonyl (C=O) groups is 1. The van der Waals surface area contributed by atoms with Gasteiger partial charge in [-0.2, -0.15) is 0 Å². The zero-order chi connectivity index (χ0) is 11.7. The van der Waals surface area contributed by atoms with Crippen molar-refractivity contribution in [3.8, 4) is 0 Å². The maximum absolute atomic E-state index is 11.2. The molecule has 0 aromatic rings. The number of piperidine rings is 1. The second kappa shape index (κ2) is 4.26. The average molecular weight is 229 g/mol. The molecule has 15 heavy (non-hydrogen) atoms. The van der Waals surface area contributed by atoms with E-state index in [4.69, 9.17) is 4.43 Å². The first-order valence-electron chi connectivity index (χ1n) is 5.67. The molecule has 1 saturated heterocycles. The molecule has 0 aliphatic carbocycles. The van der Waals surface area contributed by atoms with E-state index in [-0.39, 0.29) is 17.0 Å². The highest BCUT2D eigenvalue weighted by Gasteiger charge is 2.39. The van der Waals surface area contributed by atoms with Crippen LogP contribution in [0, 0.1) is 0 Å². The molecule has 3 nitrogen and oxygen atoms in total. The van der Waals surface area contributed by atoms with E-state index in [1.807, 2.05) is 0 Å². The van der Waals surface area contributed by atoms with Crippen molar-refractivity contribution >= 4 is 14.2 Å². The standard InChI is InChI=1S/C11H23NO2Si/c1-11(2,3)15(4,5)14-9-6-7-12-10(13)8-9/h9H,6-8H2,1-5H3,(H,12,13). The van der Waals surface area contributed by atoms with Gasteiger partial charge >= 0.3 is 0 Å². The highest BCUT2D eigenvalue weighted by atomic mass is 28.4. The molecule has 1 atom stereocenters. The molecule has 0 radical (unpaired) electrons. The monoisotopic (exact) mass is 229 g/mol. The van der Waals surface area contributed by atoms with Crippen molar-refractivity contribution in [3.63, 3.8) is 0 Å². The fraction of sp³-hybridized carbons (Fsp3) is 0.909. The molecule has 1 amide bonds. The van der Waals surface area contributed by atoms with Gasteiger partial charge in [0.1, 0.15) is 0 Å². The Morgan fingerprint density at radius 3 is 2.47 bits per heavy atom. The molecule has 88 valence electrons. The minimum Gasteiger partial charge on any atom is -0.413 e. The molecular formula is C11H23NO2Si. The molecule has 1 N–H and O–H groups in total. The van der Waals surface area contributed by atoms with Gasteiger partial charge in [0.2, 0.25) is 5.91 Å². The molecule has 4 heteroatoms. The van der Waals surface area contributed by atoms with Crippen molar-refractivity contribution in [1.29, 1.82) is 0 Å². The van der Waals surface area contributed by atoms with Crippen LogP contribution in [0.15, 0.2) is 0 Å². The van der Waals surface area contributed by atoms with Crippen LogP contribution in [0.4, 0.5) is 0 Å². The third-order valence-corrected chi connectivity index (χ3v) is 8.00. The molecule has 1 fully saturated rings. The zero-order valence-electron chi connectivity index (χ0n) is 10.5. The summed E-state index contributed by atoms with van der Waals surface area (Å²) in [5, 5.41) is 3.06. The van der Waals surface area contributed by atoms with Gasteiger partial charge in [0.15, 0.2) is 8.32 Å². The van der Waals surface area contributed by atoms with Crippen molar-refractivity contribution in [2.24, 2.45) is 0 Å². The lowest BCUT2D eigenvalue weighted by Gasteiger charge is -2.40. The Morgan fingerprint density at radius 1 is 1.40 bits per heavy atom. The minimum atomic E-state index is -1.70. The quantitative estimate of drug-likeness (QED) is 0.738. The molecule has 1 heterocycles. The summed E-state index contributed by atoms with van der Waals surface area (Å²) >= 11 is 0. The Morgan fingerprint density at radius 2 is 2.00 bits per heavy atom. The summed E-state index contributed by atoms with van der Waals surface area (Å²) in [5.41, 5.74) is 0. The van der Waals surface area contributed by atoms with Crippen LogP contribution in [0.25, 0.3) is 0 Å². The Kier molecular flexibility index (Phi) is 3.61. The Bertz CT molecular complexity index is 245. The second-order valence-corrected chi connectivity index (χ2v) is 10.6. The Labute approximate surface area is 93.7 Å². The zero-order valence-corrected chi connectivity index (χ0v) is 11.5. The molecular weight excluding hydrogens is 206 g/mol. The number of rotatable bonds is 2. The lowest BCUT2D eigenvalue weighted by molar-refractivity contribution is -0.124. The van der Waals surface area contributed by atoms with Crippen LogP contribution in [-0.2, 0) is 9.22 Å². The first-order valence-corrected chi connectivity index (χ1v) is 8.58. The number of amides is 1. The van der Waals surface area contributed by atoms with Crippen molar-refractivity contribution < 1.29 is 9.22 Å². The Hall–Kier alpha value is -0.353. The van der Waals surface area contributed by atoms with Crippen molar-refractivity contribution in [3.05, 3.63) is 0 Å².